The first-order valence-corrected chi connectivity index (χ1v) is 6.61. The molecule has 0 bridgehead atoms. The van der Waals surface area contributed by atoms with E-state index < -0.39 is 0 Å². The van der Waals surface area contributed by atoms with Crippen LogP contribution in [0, 0.1) is 11.3 Å². The number of likely N-dealkylation sites (tertiary alicyclic amines) is 1. The average Bonchev–Trinajstić information content (AvgIpc) is 2.51. The molecule has 1 heterocycles. The van der Waals surface area contributed by atoms with Crippen molar-refractivity contribution in [2.45, 2.75) is 52.0 Å². The lowest BCUT2D eigenvalue weighted by Crippen LogP contribution is -2.41. The zero-order valence-electron chi connectivity index (χ0n) is 11.6. The SMILES string of the molecule is CC(C)(C)NC(=O)/C(C#N)=C\N1CCCCCC1. The fraction of sp³-hybridized carbons (Fsp3) is 0.714. The van der Waals surface area contributed by atoms with Gasteiger partial charge in [-0.3, -0.25) is 4.79 Å². The standard InChI is InChI=1S/C14H23N3O/c1-14(2,3)16-13(18)12(10-15)11-17-8-6-4-5-7-9-17/h11H,4-9H2,1-3H3,(H,16,18)/b12-11-. The molecule has 0 atom stereocenters. The monoisotopic (exact) mass is 249 g/mol. The molecule has 0 spiro atoms. The molecule has 1 amide bonds. The van der Waals surface area contributed by atoms with Crippen LogP contribution in [0.15, 0.2) is 11.8 Å². The maximum absolute atomic E-state index is 11.9. The van der Waals surface area contributed by atoms with Crippen LogP contribution >= 0.6 is 0 Å². The molecule has 1 fully saturated rings. The first-order valence-electron chi connectivity index (χ1n) is 6.61. The largest absolute Gasteiger partial charge is 0.376 e. The van der Waals surface area contributed by atoms with Crippen molar-refractivity contribution in [3.8, 4) is 6.07 Å². The van der Waals surface area contributed by atoms with Gasteiger partial charge in [-0.1, -0.05) is 12.8 Å². The van der Waals surface area contributed by atoms with Crippen LogP contribution < -0.4 is 5.32 Å². The van der Waals surface area contributed by atoms with Crippen molar-refractivity contribution in [3.63, 3.8) is 0 Å². The molecule has 1 aliphatic rings. The van der Waals surface area contributed by atoms with Gasteiger partial charge in [0.25, 0.3) is 5.91 Å². The van der Waals surface area contributed by atoms with Crippen molar-refractivity contribution in [1.82, 2.24) is 10.2 Å². The van der Waals surface area contributed by atoms with Crippen LogP contribution in [-0.2, 0) is 4.79 Å². The number of carbonyl (C=O) groups excluding carboxylic acids is 1. The third-order valence-corrected chi connectivity index (χ3v) is 2.81. The lowest BCUT2D eigenvalue weighted by molar-refractivity contribution is -0.118. The van der Waals surface area contributed by atoms with Crippen LogP contribution in [0.4, 0.5) is 0 Å². The van der Waals surface area contributed by atoms with Crippen LogP contribution in [0.5, 0.6) is 0 Å². The van der Waals surface area contributed by atoms with E-state index in [1.807, 2.05) is 26.8 Å². The Bertz CT molecular complexity index is 352. The summed E-state index contributed by atoms with van der Waals surface area (Å²) < 4.78 is 0. The smallest absolute Gasteiger partial charge is 0.263 e. The molecule has 0 aliphatic carbocycles. The second-order valence-electron chi connectivity index (χ2n) is 5.81. The van der Waals surface area contributed by atoms with Crippen molar-refractivity contribution in [3.05, 3.63) is 11.8 Å². The van der Waals surface area contributed by atoms with Gasteiger partial charge < -0.3 is 10.2 Å². The number of carbonyl (C=O) groups is 1. The highest BCUT2D eigenvalue weighted by molar-refractivity contribution is 5.97. The van der Waals surface area contributed by atoms with Gasteiger partial charge in [-0.05, 0) is 33.6 Å². The topological polar surface area (TPSA) is 56.1 Å². The molecule has 1 rings (SSSR count). The van der Waals surface area contributed by atoms with E-state index >= 15 is 0 Å². The zero-order valence-corrected chi connectivity index (χ0v) is 11.6. The second kappa shape index (κ2) is 6.44. The van der Waals surface area contributed by atoms with Gasteiger partial charge in [0.15, 0.2) is 0 Å². The van der Waals surface area contributed by atoms with Crippen molar-refractivity contribution in [1.29, 1.82) is 5.26 Å². The number of hydrogen-bond acceptors (Lipinski definition) is 3. The van der Waals surface area contributed by atoms with E-state index in [0.29, 0.717) is 0 Å². The maximum Gasteiger partial charge on any atom is 0.263 e. The Morgan fingerprint density at radius 3 is 2.22 bits per heavy atom. The Balaban J connectivity index is 2.69. The predicted molar refractivity (Wildman–Crippen MR) is 71.6 cm³/mol. The molecule has 4 heteroatoms. The summed E-state index contributed by atoms with van der Waals surface area (Å²) in [6, 6.07) is 2.00. The highest BCUT2D eigenvalue weighted by atomic mass is 16.1. The summed E-state index contributed by atoms with van der Waals surface area (Å²) in [6.07, 6.45) is 6.46. The second-order valence-corrected chi connectivity index (χ2v) is 5.81. The molecule has 1 N–H and O–H groups in total. The lowest BCUT2D eigenvalue weighted by atomic mass is 10.1. The Kier molecular flexibility index (Phi) is 5.21. The summed E-state index contributed by atoms with van der Waals surface area (Å²) in [5.74, 6) is -0.283. The molecule has 1 aliphatic heterocycles. The first kappa shape index (κ1) is 14.6. The fourth-order valence-electron chi connectivity index (χ4n) is 1.95. The minimum Gasteiger partial charge on any atom is -0.376 e. The summed E-state index contributed by atoms with van der Waals surface area (Å²) in [5, 5.41) is 11.9. The van der Waals surface area contributed by atoms with E-state index in [0.717, 1.165) is 25.9 Å². The predicted octanol–water partition coefficient (Wildman–Crippen LogP) is 2.18. The first-order chi connectivity index (χ1) is 8.42. The Labute approximate surface area is 110 Å². The van der Waals surface area contributed by atoms with Crippen LogP contribution in [-0.4, -0.2) is 29.4 Å². The van der Waals surface area contributed by atoms with Crippen LogP contribution in [0.3, 0.4) is 0 Å². The molecular weight excluding hydrogens is 226 g/mol. The summed E-state index contributed by atoms with van der Waals surface area (Å²) >= 11 is 0. The van der Waals surface area contributed by atoms with Gasteiger partial charge in [0.05, 0.1) is 0 Å². The summed E-state index contributed by atoms with van der Waals surface area (Å²) in [4.78, 5) is 14.0. The highest BCUT2D eigenvalue weighted by Gasteiger charge is 2.18. The maximum atomic E-state index is 11.9. The van der Waals surface area contributed by atoms with E-state index in [-0.39, 0.29) is 17.0 Å². The van der Waals surface area contributed by atoms with Crippen LogP contribution in [0.2, 0.25) is 0 Å². The van der Waals surface area contributed by atoms with Gasteiger partial charge in [-0.2, -0.15) is 5.26 Å². The van der Waals surface area contributed by atoms with Gasteiger partial charge in [-0.25, -0.2) is 0 Å². The van der Waals surface area contributed by atoms with Gasteiger partial charge in [0.2, 0.25) is 0 Å². The summed E-state index contributed by atoms with van der Waals surface area (Å²) in [5.41, 5.74) is -0.113. The number of nitrogens with zero attached hydrogens (tertiary/aromatic N) is 2. The van der Waals surface area contributed by atoms with Crippen molar-refractivity contribution in [2.24, 2.45) is 0 Å². The summed E-state index contributed by atoms with van der Waals surface area (Å²) in [7, 11) is 0. The molecule has 0 unspecified atom stereocenters. The normalized spacial score (nSPS) is 17.9. The van der Waals surface area contributed by atoms with Gasteiger partial charge in [0, 0.05) is 24.8 Å². The van der Waals surface area contributed by atoms with Crippen molar-refractivity contribution >= 4 is 5.91 Å². The van der Waals surface area contributed by atoms with Gasteiger partial charge in [-0.15, -0.1) is 0 Å². The molecule has 0 saturated carbocycles. The molecule has 1 saturated heterocycles. The van der Waals surface area contributed by atoms with Crippen LogP contribution in [0.1, 0.15) is 46.5 Å². The molecule has 4 nitrogen and oxygen atoms in total. The van der Waals surface area contributed by atoms with Gasteiger partial charge >= 0.3 is 0 Å². The van der Waals surface area contributed by atoms with E-state index in [4.69, 9.17) is 5.26 Å². The summed E-state index contributed by atoms with van der Waals surface area (Å²) in [6.45, 7) is 7.60. The van der Waals surface area contributed by atoms with Crippen LogP contribution in [0.25, 0.3) is 0 Å². The Morgan fingerprint density at radius 1 is 1.22 bits per heavy atom. The minimum atomic E-state index is -0.314. The molecular formula is C14H23N3O. The third-order valence-electron chi connectivity index (χ3n) is 2.81. The van der Waals surface area contributed by atoms with Crippen molar-refractivity contribution in [2.75, 3.05) is 13.1 Å². The van der Waals surface area contributed by atoms with Gasteiger partial charge in [0.1, 0.15) is 11.6 Å². The fourth-order valence-corrected chi connectivity index (χ4v) is 1.95. The quantitative estimate of drug-likeness (QED) is 0.603. The minimum absolute atomic E-state index is 0.201. The number of hydrogen-bond donors (Lipinski definition) is 1. The lowest BCUT2D eigenvalue weighted by Gasteiger charge is -2.22. The number of nitrogens with one attached hydrogen (secondary N) is 1. The van der Waals surface area contributed by atoms with E-state index in [1.165, 1.54) is 12.8 Å². The molecule has 0 aromatic heterocycles. The van der Waals surface area contributed by atoms with Crippen molar-refractivity contribution < 1.29 is 4.79 Å². The third kappa shape index (κ3) is 5.22. The molecule has 18 heavy (non-hydrogen) atoms. The molecule has 0 aromatic rings. The van der Waals surface area contributed by atoms with E-state index in [1.54, 1.807) is 6.20 Å². The molecule has 100 valence electrons. The van der Waals surface area contributed by atoms with E-state index in [2.05, 4.69) is 10.2 Å². The Hall–Kier alpha value is -1.50. The zero-order chi connectivity index (χ0) is 13.6. The number of nitriles is 1. The molecule has 0 radical (unpaired) electrons. The Morgan fingerprint density at radius 2 is 1.78 bits per heavy atom. The number of rotatable bonds is 2. The highest BCUT2D eigenvalue weighted by Crippen LogP contribution is 2.11. The van der Waals surface area contributed by atoms with E-state index in [9.17, 15) is 4.79 Å². The number of amides is 1. The average molecular weight is 249 g/mol. The molecule has 0 aromatic carbocycles.